The number of hydrogen-bond donors (Lipinski definition) is 3. The summed E-state index contributed by atoms with van der Waals surface area (Å²) < 4.78 is 28.3. The summed E-state index contributed by atoms with van der Waals surface area (Å²) in [6.07, 6.45) is 0. The second-order valence-corrected chi connectivity index (χ2v) is 5.25. The van der Waals surface area contributed by atoms with E-state index in [4.69, 9.17) is 11.5 Å². The first-order chi connectivity index (χ1) is 12.0. The standard InChI is InChI=1S/C6H4BrFN2O2.C6H5FN2O2.BHNS/c7-3-1-6(10(11)12)4(8)2-5(3)9;7-5-3-4(8)1-2-6(5)9(10)11;1-2-3/h1-2H,9H2;1-3H,8H2;3H. The number of hydrogen-bond acceptors (Lipinski definition) is 8. The summed E-state index contributed by atoms with van der Waals surface area (Å²) >= 11 is 6.14. The molecule has 0 saturated carbocycles. The van der Waals surface area contributed by atoms with E-state index in [1.807, 2.05) is 0 Å². The summed E-state index contributed by atoms with van der Waals surface area (Å²) in [5.74, 6) is -1.84. The van der Waals surface area contributed by atoms with Crippen molar-refractivity contribution in [2.75, 3.05) is 11.5 Å². The maximum atomic E-state index is 12.7. The predicted molar refractivity (Wildman–Crippen MR) is 99.8 cm³/mol. The molecule has 0 heterocycles. The number of benzene rings is 2. The molecular weight excluding hydrogens is 439 g/mol. The van der Waals surface area contributed by atoms with Gasteiger partial charge in [0.25, 0.3) is 0 Å². The maximum absolute atomic E-state index is 12.7. The first kappa shape index (κ1) is 23.4. The Morgan fingerprint density at radius 2 is 1.50 bits per heavy atom. The van der Waals surface area contributed by atoms with Crippen molar-refractivity contribution in [2.45, 2.75) is 0 Å². The Morgan fingerprint density at radius 3 is 1.92 bits per heavy atom. The van der Waals surface area contributed by atoms with Gasteiger partial charge in [0.15, 0.2) is 0 Å². The molecule has 2 rings (SSSR count). The number of anilines is 2. The van der Waals surface area contributed by atoms with E-state index in [0.29, 0.717) is 4.47 Å². The molecule has 0 saturated heterocycles. The van der Waals surface area contributed by atoms with Crippen molar-refractivity contribution in [3.05, 3.63) is 66.7 Å². The van der Waals surface area contributed by atoms with E-state index in [9.17, 15) is 29.0 Å². The molecule has 0 amide bonds. The van der Waals surface area contributed by atoms with E-state index in [1.165, 1.54) is 6.07 Å². The first-order valence-corrected chi connectivity index (χ1v) is 7.37. The molecule has 0 bridgehead atoms. The number of nitrogens with zero attached hydrogens (tertiary/aromatic N) is 3. The molecule has 0 atom stereocenters. The van der Waals surface area contributed by atoms with Gasteiger partial charge in [0.2, 0.25) is 11.6 Å². The van der Waals surface area contributed by atoms with E-state index in [1.54, 1.807) is 0 Å². The molecular formula is C12H10BBrF2N5O4S. The third kappa shape index (κ3) is 7.52. The summed E-state index contributed by atoms with van der Waals surface area (Å²) in [5, 5.41) is 20.2. The van der Waals surface area contributed by atoms with Gasteiger partial charge < -0.3 is 11.5 Å². The Hall–Kier alpha value is -2.61. The van der Waals surface area contributed by atoms with Crippen molar-refractivity contribution >= 4 is 59.1 Å². The van der Waals surface area contributed by atoms with Crippen molar-refractivity contribution < 1.29 is 18.6 Å². The average Bonchev–Trinajstić information content (AvgIpc) is 2.51. The van der Waals surface area contributed by atoms with Crippen LogP contribution in [0.3, 0.4) is 0 Å². The number of thiol groups is 1. The molecule has 0 fully saturated rings. The number of nitrogens with two attached hydrogens (primary N) is 2. The van der Waals surface area contributed by atoms with Crippen LogP contribution in [-0.2, 0) is 0 Å². The van der Waals surface area contributed by atoms with Crippen molar-refractivity contribution in [2.24, 2.45) is 4.30 Å². The second kappa shape index (κ2) is 11.1. The van der Waals surface area contributed by atoms with E-state index < -0.39 is 32.9 Å². The third-order valence-electron chi connectivity index (χ3n) is 2.43. The molecule has 0 unspecified atom stereocenters. The van der Waals surface area contributed by atoms with Gasteiger partial charge in [-0.1, -0.05) is 0 Å². The zero-order chi connectivity index (χ0) is 20.4. The van der Waals surface area contributed by atoms with Gasteiger partial charge >= 0.3 is 36.1 Å². The molecule has 0 spiro atoms. The molecule has 9 nitrogen and oxygen atoms in total. The fourth-order valence-electron chi connectivity index (χ4n) is 1.36. The van der Waals surface area contributed by atoms with Gasteiger partial charge in [-0.15, -0.1) is 0 Å². The van der Waals surface area contributed by atoms with E-state index in [2.05, 4.69) is 40.7 Å². The van der Waals surface area contributed by atoms with Crippen molar-refractivity contribution in [1.82, 2.24) is 0 Å². The average molecular weight is 449 g/mol. The fraction of sp³-hybridized carbons (Fsp3) is 0. The fourth-order valence-corrected chi connectivity index (χ4v) is 1.69. The minimum absolute atomic E-state index is 0.137. The molecule has 2 aromatic carbocycles. The number of rotatable bonds is 2. The predicted octanol–water partition coefficient (Wildman–Crippen LogP) is 3.58. The molecule has 0 aromatic heterocycles. The zero-order valence-corrected chi connectivity index (χ0v) is 15.2. The van der Waals surface area contributed by atoms with Crippen LogP contribution in [0.5, 0.6) is 0 Å². The summed E-state index contributed by atoms with van der Waals surface area (Å²) in [6, 6.07) is 5.16. The van der Waals surface area contributed by atoms with Gasteiger partial charge in [-0.2, -0.15) is 8.78 Å². The molecule has 0 aliphatic heterocycles. The molecule has 0 aliphatic rings. The number of nitro groups is 2. The normalized spacial score (nSPS) is 9.04. The van der Waals surface area contributed by atoms with Crippen LogP contribution in [0.1, 0.15) is 0 Å². The topological polar surface area (TPSA) is 151 Å². The summed E-state index contributed by atoms with van der Waals surface area (Å²) in [4.78, 5) is 18.6. The quantitative estimate of drug-likeness (QED) is 0.210. The Bertz CT molecular complexity index is 830. The van der Waals surface area contributed by atoms with Crippen molar-refractivity contribution in [3.63, 3.8) is 0 Å². The Labute approximate surface area is 160 Å². The molecule has 0 aliphatic carbocycles. The molecule has 4 N–H and O–H groups in total. The van der Waals surface area contributed by atoms with Crippen LogP contribution in [0.25, 0.3) is 0 Å². The second-order valence-electron chi connectivity index (χ2n) is 4.17. The molecule has 1 radical (unpaired) electrons. The van der Waals surface area contributed by atoms with E-state index in [0.717, 1.165) is 24.3 Å². The van der Waals surface area contributed by atoms with E-state index in [-0.39, 0.29) is 11.4 Å². The van der Waals surface area contributed by atoms with Gasteiger partial charge in [0.1, 0.15) is 0 Å². The van der Waals surface area contributed by atoms with Crippen LogP contribution < -0.4 is 11.5 Å². The van der Waals surface area contributed by atoms with Crippen LogP contribution in [0, 0.1) is 31.9 Å². The summed E-state index contributed by atoms with van der Waals surface area (Å²) in [5.41, 5.74) is 9.61. The minimum atomic E-state index is -0.930. The van der Waals surface area contributed by atoms with Gasteiger partial charge in [0.05, 0.1) is 9.85 Å². The zero-order valence-electron chi connectivity index (χ0n) is 12.7. The summed E-state index contributed by atoms with van der Waals surface area (Å²) in [6.45, 7) is 0. The number of halogens is 3. The van der Waals surface area contributed by atoms with Crippen molar-refractivity contribution in [3.8, 4) is 0 Å². The van der Waals surface area contributed by atoms with E-state index >= 15 is 0 Å². The molecule has 137 valence electrons. The molecule has 14 heteroatoms. The Morgan fingerprint density at radius 1 is 1.04 bits per heavy atom. The van der Waals surface area contributed by atoms with Gasteiger partial charge in [-0.3, -0.25) is 20.2 Å². The Balaban J connectivity index is 0.000000419. The monoisotopic (exact) mass is 448 g/mol. The third-order valence-corrected chi connectivity index (χ3v) is 3.12. The van der Waals surface area contributed by atoms with Crippen molar-refractivity contribution in [1.29, 1.82) is 0 Å². The first-order valence-electron chi connectivity index (χ1n) is 6.17. The summed E-state index contributed by atoms with van der Waals surface area (Å²) in [7, 11) is 4.34. The van der Waals surface area contributed by atoms with Gasteiger partial charge in [-0.05, 0) is 22.0 Å². The van der Waals surface area contributed by atoms with Gasteiger partial charge in [-0.25, -0.2) is 0 Å². The SMILES string of the molecule is Nc1cc(F)c([N+](=O)[O-])cc1Br.Nc1ccc([N+](=O)[O-])c(F)c1.[B]=NS. The van der Waals surface area contributed by atoms with Crippen LogP contribution in [0.15, 0.2) is 39.1 Å². The van der Waals surface area contributed by atoms with Crippen LogP contribution in [0.2, 0.25) is 0 Å². The van der Waals surface area contributed by atoms with Crippen LogP contribution in [-0.4, -0.2) is 17.5 Å². The van der Waals surface area contributed by atoms with Gasteiger partial charge in [0, 0.05) is 40.1 Å². The Kier molecular flexibility index (Phi) is 9.98. The van der Waals surface area contributed by atoms with Crippen LogP contribution >= 0.6 is 28.7 Å². The van der Waals surface area contributed by atoms with Crippen LogP contribution in [0.4, 0.5) is 31.5 Å². The number of nitrogen functional groups attached to an aromatic ring is 2. The molecule has 26 heavy (non-hydrogen) atoms. The molecule has 2 aromatic rings. The number of nitro benzene ring substituents is 2.